The molecule has 2 rings (SSSR count). The van der Waals surface area contributed by atoms with Crippen molar-refractivity contribution in [2.45, 2.75) is 32.8 Å². The Bertz CT molecular complexity index is 927. The zero-order valence-electron chi connectivity index (χ0n) is 16.7. The molecule has 0 aliphatic heterocycles. The van der Waals surface area contributed by atoms with Crippen molar-refractivity contribution in [1.29, 1.82) is 0 Å². The van der Waals surface area contributed by atoms with Gasteiger partial charge in [0, 0.05) is 37.2 Å². The van der Waals surface area contributed by atoms with Crippen LogP contribution < -0.4 is 10.6 Å². The number of Topliss-reactive ketones (excluding diaryl/α,β-unsaturated/α-hetero) is 1. The summed E-state index contributed by atoms with van der Waals surface area (Å²) in [6.07, 6.45) is -0.503. The van der Waals surface area contributed by atoms with Crippen molar-refractivity contribution in [3.8, 4) is 0 Å². The van der Waals surface area contributed by atoms with E-state index in [1.165, 1.54) is 19.9 Å². The predicted molar refractivity (Wildman–Crippen MR) is 111 cm³/mol. The number of carbonyl (C=O) groups excluding carboxylic acids is 3. The predicted octanol–water partition coefficient (Wildman–Crippen LogP) is 3.56. The van der Waals surface area contributed by atoms with E-state index in [0.717, 1.165) is 0 Å². The van der Waals surface area contributed by atoms with E-state index in [4.69, 9.17) is 4.74 Å². The number of esters is 1. The molecule has 2 N–H and O–H groups in total. The van der Waals surface area contributed by atoms with Gasteiger partial charge >= 0.3 is 5.97 Å². The molecule has 9 heteroatoms. The Morgan fingerprint density at radius 1 is 1.10 bits per heavy atom. The first-order valence-corrected chi connectivity index (χ1v) is 9.36. The van der Waals surface area contributed by atoms with Gasteiger partial charge in [-0.1, -0.05) is 12.1 Å². The second-order valence-corrected chi connectivity index (χ2v) is 6.56. The lowest BCUT2D eigenvalue weighted by atomic mass is 10.1. The molecule has 0 saturated heterocycles. The van der Waals surface area contributed by atoms with E-state index in [1.54, 1.807) is 42.5 Å². The number of nitrogens with zero attached hydrogens (tertiary/aromatic N) is 1. The Labute approximate surface area is 173 Å². The van der Waals surface area contributed by atoms with Gasteiger partial charge in [-0.25, -0.2) is 0 Å². The summed E-state index contributed by atoms with van der Waals surface area (Å²) >= 11 is 0. The average Bonchev–Trinajstić information content (AvgIpc) is 2.71. The van der Waals surface area contributed by atoms with Crippen LogP contribution >= 0.6 is 0 Å². The number of ether oxygens (including phenoxy) is 1. The fourth-order valence-corrected chi connectivity index (χ4v) is 2.70. The number of anilines is 2. The average molecular weight is 413 g/mol. The topological polar surface area (TPSA) is 128 Å². The van der Waals surface area contributed by atoms with E-state index in [-0.39, 0.29) is 23.8 Å². The van der Waals surface area contributed by atoms with Gasteiger partial charge in [0.2, 0.25) is 11.7 Å². The number of rotatable bonds is 10. The van der Waals surface area contributed by atoms with Gasteiger partial charge in [0.1, 0.15) is 5.69 Å². The lowest BCUT2D eigenvalue weighted by Gasteiger charge is -2.13. The van der Waals surface area contributed by atoms with Crippen LogP contribution in [0.25, 0.3) is 0 Å². The van der Waals surface area contributed by atoms with Gasteiger partial charge in [0.15, 0.2) is 6.10 Å². The number of para-hydroxylation sites is 2. The zero-order chi connectivity index (χ0) is 22.1. The largest absolute Gasteiger partial charge is 0.454 e. The third-order valence-electron chi connectivity index (χ3n) is 4.14. The molecule has 2 aromatic carbocycles. The summed E-state index contributed by atoms with van der Waals surface area (Å²) < 4.78 is 5.18. The van der Waals surface area contributed by atoms with Gasteiger partial charge < -0.3 is 15.4 Å². The molecule has 1 amide bonds. The SMILES string of the molecule is CC(=O)Nc1ccc(C(=O)[C@@H](C)OC(=O)CCCNc2ccccc2[N+](=O)[O-])cc1. The summed E-state index contributed by atoms with van der Waals surface area (Å²) in [7, 11) is 0. The number of nitro groups is 1. The number of nitro benzene ring substituents is 1. The van der Waals surface area contributed by atoms with Gasteiger partial charge in [-0.15, -0.1) is 0 Å². The third kappa shape index (κ3) is 6.69. The Morgan fingerprint density at radius 3 is 2.40 bits per heavy atom. The van der Waals surface area contributed by atoms with Crippen molar-refractivity contribution in [3.63, 3.8) is 0 Å². The van der Waals surface area contributed by atoms with E-state index < -0.39 is 17.0 Å². The van der Waals surface area contributed by atoms with Crippen molar-refractivity contribution < 1.29 is 24.0 Å². The highest BCUT2D eigenvalue weighted by Crippen LogP contribution is 2.23. The molecule has 0 heterocycles. The van der Waals surface area contributed by atoms with Crippen LogP contribution in [0.5, 0.6) is 0 Å². The molecule has 0 spiro atoms. The fraction of sp³-hybridized carbons (Fsp3) is 0.286. The normalized spacial score (nSPS) is 11.3. The van der Waals surface area contributed by atoms with Crippen molar-refractivity contribution in [2.75, 3.05) is 17.2 Å². The third-order valence-corrected chi connectivity index (χ3v) is 4.14. The van der Waals surface area contributed by atoms with Crippen molar-refractivity contribution in [1.82, 2.24) is 0 Å². The molecule has 0 aromatic heterocycles. The Kier molecular flexibility index (Phi) is 8.04. The highest BCUT2D eigenvalue weighted by molar-refractivity contribution is 6.00. The Morgan fingerprint density at radius 2 is 1.77 bits per heavy atom. The van der Waals surface area contributed by atoms with Gasteiger partial charge in [0.05, 0.1) is 4.92 Å². The molecular weight excluding hydrogens is 390 g/mol. The molecule has 0 aliphatic carbocycles. The van der Waals surface area contributed by atoms with E-state index in [9.17, 15) is 24.5 Å². The first-order chi connectivity index (χ1) is 14.3. The van der Waals surface area contributed by atoms with E-state index in [2.05, 4.69) is 10.6 Å². The maximum Gasteiger partial charge on any atom is 0.306 e. The number of benzene rings is 2. The van der Waals surface area contributed by atoms with Gasteiger partial charge in [-0.2, -0.15) is 0 Å². The first kappa shape index (κ1) is 22.5. The second kappa shape index (κ2) is 10.7. The van der Waals surface area contributed by atoms with Gasteiger partial charge in [-0.3, -0.25) is 24.5 Å². The van der Waals surface area contributed by atoms with Crippen LogP contribution in [0.15, 0.2) is 48.5 Å². The Balaban J connectivity index is 1.78. The molecule has 1 atom stereocenters. The molecule has 2 aromatic rings. The minimum Gasteiger partial charge on any atom is -0.454 e. The van der Waals surface area contributed by atoms with Crippen LogP contribution in [-0.2, 0) is 14.3 Å². The van der Waals surface area contributed by atoms with Crippen LogP contribution in [-0.4, -0.2) is 35.2 Å². The summed E-state index contributed by atoms with van der Waals surface area (Å²) in [6.45, 7) is 3.22. The highest BCUT2D eigenvalue weighted by atomic mass is 16.6. The summed E-state index contributed by atoms with van der Waals surface area (Å²) in [6, 6.07) is 12.5. The van der Waals surface area contributed by atoms with E-state index >= 15 is 0 Å². The quantitative estimate of drug-likeness (QED) is 0.200. The molecule has 0 bridgehead atoms. The number of hydrogen-bond donors (Lipinski definition) is 2. The highest BCUT2D eigenvalue weighted by Gasteiger charge is 2.19. The number of amides is 1. The van der Waals surface area contributed by atoms with Crippen LogP contribution in [0.1, 0.15) is 37.0 Å². The van der Waals surface area contributed by atoms with E-state index in [1.807, 2.05) is 0 Å². The van der Waals surface area contributed by atoms with Crippen LogP contribution in [0.3, 0.4) is 0 Å². The lowest BCUT2D eigenvalue weighted by Crippen LogP contribution is -2.24. The molecule has 158 valence electrons. The van der Waals surface area contributed by atoms with Gasteiger partial charge in [-0.05, 0) is 43.7 Å². The van der Waals surface area contributed by atoms with Crippen LogP contribution in [0, 0.1) is 10.1 Å². The number of carbonyl (C=O) groups is 3. The molecule has 30 heavy (non-hydrogen) atoms. The summed E-state index contributed by atoms with van der Waals surface area (Å²) in [5, 5.41) is 16.5. The van der Waals surface area contributed by atoms with Crippen molar-refractivity contribution >= 4 is 34.7 Å². The molecule has 0 saturated carbocycles. The zero-order valence-corrected chi connectivity index (χ0v) is 16.7. The minimum absolute atomic E-state index is 0.0381. The number of hydrogen-bond acceptors (Lipinski definition) is 7. The van der Waals surface area contributed by atoms with Crippen LogP contribution in [0.4, 0.5) is 17.1 Å². The smallest absolute Gasteiger partial charge is 0.306 e. The molecule has 0 aliphatic rings. The monoisotopic (exact) mass is 413 g/mol. The Hall–Kier alpha value is -3.75. The number of nitrogens with one attached hydrogen (secondary N) is 2. The fourth-order valence-electron chi connectivity index (χ4n) is 2.70. The summed E-state index contributed by atoms with van der Waals surface area (Å²) in [4.78, 5) is 45.9. The van der Waals surface area contributed by atoms with Crippen molar-refractivity contribution in [3.05, 3.63) is 64.2 Å². The second-order valence-electron chi connectivity index (χ2n) is 6.56. The maximum absolute atomic E-state index is 12.4. The molecule has 0 radical (unpaired) electrons. The standard InChI is InChI=1S/C21H23N3O6/c1-14(21(27)16-9-11-17(12-10-16)23-15(2)25)30-20(26)8-5-13-22-18-6-3-4-7-19(18)24(28)29/h3-4,6-7,9-12,14,22H,5,8,13H2,1-2H3,(H,23,25)/t14-/m1/s1. The maximum atomic E-state index is 12.4. The van der Waals surface area contributed by atoms with E-state index in [0.29, 0.717) is 29.9 Å². The summed E-state index contributed by atoms with van der Waals surface area (Å²) in [5.41, 5.74) is 1.27. The van der Waals surface area contributed by atoms with Crippen molar-refractivity contribution in [2.24, 2.45) is 0 Å². The lowest BCUT2D eigenvalue weighted by molar-refractivity contribution is -0.384. The minimum atomic E-state index is -0.952. The van der Waals surface area contributed by atoms with Gasteiger partial charge in [0.25, 0.3) is 5.69 Å². The molecule has 0 fully saturated rings. The summed E-state index contributed by atoms with van der Waals surface area (Å²) in [5.74, 6) is -1.10. The molecule has 9 nitrogen and oxygen atoms in total. The molecular formula is C21H23N3O6. The number of ketones is 1. The van der Waals surface area contributed by atoms with Crippen LogP contribution in [0.2, 0.25) is 0 Å². The first-order valence-electron chi connectivity index (χ1n) is 9.36. The molecule has 0 unspecified atom stereocenters.